The summed E-state index contributed by atoms with van der Waals surface area (Å²) in [5.41, 5.74) is 0. The van der Waals surface area contributed by atoms with Gasteiger partial charge in [0, 0.05) is 6.04 Å². The molecule has 1 atom stereocenters. The van der Waals surface area contributed by atoms with E-state index in [1.807, 2.05) is 0 Å². The SMILES string of the molecule is CCCN(CC)CCC(CO)NCC. The fourth-order valence-electron chi connectivity index (χ4n) is 1.63. The van der Waals surface area contributed by atoms with Crippen molar-refractivity contribution in [1.29, 1.82) is 0 Å². The van der Waals surface area contributed by atoms with E-state index in [4.69, 9.17) is 5.11 Å². The van der Waals surface area contributed by atoms with Gasteiger partial charge in [0.1, 0.15) is 0 Å². The average Bonchev–Trinajstić information content (AvgIpc) is 2.22. The molecular formula is C11H26N2O. The molecule has 14 heavy (non-hydrogen) atoms. The van der Waals surface area contributed by atoms with Crippen molar-refractivity contribution in [2.24, 2.45) is 0 Å². The molecule has 0 amide bonds. The maximum atomic E-state index is 9.09. The predicted octanol–water partition coefficient (Wildman–Crippen LogP) is 1.08. The number of hydrogen-bond donors (Lipinski definition) is 2. The molecule has 0 saturated heterocycles. The van der Waals surface area contributed by atoms with Crippen LogP contribution in [-0.2, 0) is 0 Å². The highest BCUT2D eigenvalue weighted by molar-refractivity contribution is 4.67. The molecule has 0 aromatic heterocycles. The molecule has 3 heteroatoms. The molecule has 0 spiro atoms. The van der Waals surface area contributed by atoms with E-state index in [0.29, 0.717) is 0 Å². The minimum Gasteiger partial charge on any atom is -0.395 e. The Morgan fingerprint density at radius 3 is 2.36 bits per heavy atom. The molecule has 0 aliphatic rings. The van der Waals surface area contributed by atoms with Crippen molar-refractivity contribution in [2.75, 3.05) is 32.8 Å². The summed E-state index contributed by atoms with van der Waals surface area (Å²) in [4.78, 5) is 2.43. The molecule has 0 aliphatic carbocycles. The highest BCUT2D eigenvalue weighted by Gasteiger charge is 2.07. The monoisotopic (exact) mass is 202 g/mol. The van der Waals surface area contributed by atoms with Crippen LogP contribution in [0.3, 0.4) is 0 Å². The quantitative estimate of drug-likeness (QED) is 0.587. The number of likely N-dealkylation sites (N-methyl/N-ethyl adjacent to an activating group) is 1. The zero-order valence-electron chi connectivity index (χ0n) is 9.92. The third-order valence-electron chi connectivity index (χ3n) is 2.49. The molecule has 0 aromatic carbocycles. The van der Waals surface area contributed by atoms with E-state index >= 15 is 0 Å². The Kier molecular flexibility index (Phi) is 9.35. The van der Waals surface area contributed by atoms with Gasteiger partial charge >= 0.3 is 0 Å². The van der Waals surface area contributed by atoms with E-state index in [9.17, 15) is 0 Å². The minimum atomic E-state index is 0.248. The maximum Gasteiger partial charge on any atom is 0.0585 e. The minimum absolute atomic E-state index is 0.248. The van der Waals surface area contributed by atoms with Crippen LogP contribution >= 0.6 is 0 Å². The lowest BCUT2D eigenvalue weighted by atomic mass is 10.2. The van der Waals surface area contributed by atoms with Crippen LogP contribution in [0.1, 0.15) is 33.6 Å². The van der Waals surface area contributed by atoms with E-state index in [2.05, 4.69) is 31.0 Å². The molecule has 3 nitrogen and oxygen atoms in total. The maximum absolute atomic E-state index is 9.09. The van der Waals surface area contributed by atoms with Crippen LogP contribution in [0.15, 0.2) is 0 Å². The smallest absolute Gasteiger partial charge is 0.0585 e. The van der Waals surface area contributed by atoms with Crippen LogP contribution < -0.4 is 5.32 Å². The first-order chi connectivity index (χ1) is 6.78. The number of rotatable bonds is 9. The van der Waals surface area contributed by atoms with Crippen molar-refractivity contribution >= 4 is 0 Å². The van der Waals surface area contributed by atoms with Gasteiger partial charge in [-0.05, 0) is 39.0 Å². The van der Waals surface area contributed by atoms with Gasteiger partial charge in [0.05, 0.1) is 6.61 Å². The van der Waals surface area contributed by atoms with Gasteiger partial charge in [-0.25, -0.2) is 0 Å². The van der Waals surface area contributed by atoms with E-state index in [1.165, 1.54) is 13.0 Å². The van der Waals surface area contributed by atoms with Crippen molar-refractivity contribution in [3.8, 4) is 0 Å². The molecule has 0 radical (unpaired) electrons. The molecule has 0 fully saturated rings. The molecule has 0 heterocycles. The Morgan fingerprint density at radius 2 is 1.93 bits per heavy atom. The summed E-state index contributed by atoms with van der Waals surface area (Å²) in [6, 6.07) is 0.269. The zero-order valence-corrected chi connectivity index (χ0v) is 9.92. The van der Waals surface area contributed by atoms with E-state index in [1.54, 1.807) is 0 Å². The molecule has 86 valence electrons. The molecule has 0 bridgehead atoms. The molecule has 1 unspecified atom stereocenters. The standard InChI is InChI=1S/C11H26N2O/c1-4-8-13(6-3)9-7-11(10-14)12-5-2/h11-12,14H,4-10H2,1-3H3. The largest absolute Gasteiger partial charge is 0.395 e. The normalized spacial score (nSPS) is 13.5. The third kappa shape index (κ3) is 6.35. The molecule has 0 rings (SSSR count). The van der Waals surface area contributed by atoms with Crippen LogP contribution in [0, 0.1) is 0 Å². The number of aliphatic hydroxyl groups excluding tert-OH is 1. The van der Waals surface area contributed by atoms with Crippen LogP contribution in [0.5, 0.6) is 0 Å². The van der Waals surface area contributed by atoms with Gasteiger partial charge in [0.15, 0.2) is 0 Å². The van der Waals surface area contributed by atoms with Gasteiger partial charge < -0.3 is 15.3 Å². The van der Waals surface area contributed by atoms with Crippen molar-refractivity contribution in [1.82, 2.24) is 10.2 Å². The van der Waals surface area contributed by atoms with Gasteiger partial charge in [-0.2, -0.15) is 0 Å². The summed E-state index contributed by atoms with van der Waals surface area (Å²) in [6.45, 7) is 11.0. The summed E-state index contributed by atoms with van der Waals surface area (Å²) in [7, 11) is 0. The van der Waals surface area contributed by atoms with Gasteiger partial charge in [-0.1, -0.05) is 20.8 Å². The second-order valence-corrected chi connectivity index (χ2v) is 3.66. The molecular weight excluding hydrogens is 176 g/mol. The van der Waals surface area contributed by atoms with Crippen LogP contribution in [0.2, 0.25) is 0 Å². The topological polar surface area (TPSA) is 35.5 Å². The number of nitrogens with zero attached hydrogens (tertiary/aromatic N) is 1. The van der Waals surface area contributed by atoms with Gasteiger partial charge in [0.25, 0.3) is 0 Å². The van der Waals surface area contributed by atoms with E-state index < -0.39 is 0 Å². The predicted molar refractivity (Wildman–Crippen MR) is 61.6 cm³/mol. The van der Waals surface area contributed by atoms with Crippen LogP contribution in [0.4, 0.5) is 0 Å². The van der Waals surface area contributed by atoms with Crippen molar-refractivity contribution < 1.29 is 5.11 Å². The zero-order chi connectivity index (χ0) is 10.8. The lowest BCUT2D eigenvalue weighted by Gasteiger charge is -2.22. The summed E-state index contributed by atoms with van der Waals surface area (Å²) >= 11 is 0. The Labute approximate surface area is 88.5 Å². The fraction of sp³-hybridized carbons (Fsp3) is 1.00. The van der Waals surface area contributed by atoms with Crippen LogP contribution in [-0.4, -0.2) is 48.8 Å². The molecule has 0 saturated carbocycles. The summed E-state index contributed by atoms with van der Waals surface area (Å²) < 4.78 is 0. The summed E-state index contributed by atoms with van der Waals surface area (Å²) in [5.74, 6) is 0. The van der Waals surface area contributed by atoms with Crippen molar-refractivity contribution in [3.63, 3.8) is 0 Å². The highest BCUT2D eigenvalue weighted by atomic mass is 16.3. The van der Waals surface area contributed by atoms with Crippen molar-refractivity contribution in [2.45, 2.75) is 39.7 Å². The molecule has 0 aromatic rings. The average molecular weight is 202 g/mol. The van der Waals surface area contributed by atoms with Gasteiger partial charge in [-0.3, -0.25) is 0 Å². The summed E-state index contributed by atoms with van der Waals surface area (Å²) in [5, 5.41) is 12.4. The van der Waals surface area contributed by atoms with Crippen LogP contribution in [0.25, 0.3) is 0 Å². The Balaban J connectivity index is 3.63. The van der Waals surface area contributed by atoms with E-state index in [0.717, 1.165) is 26.1 Å². The molecule has 0 aliphatic heterocycles. The summed E-state index contributed by atoms with van der Waals surface area (Å²) in [6.07, 6.45) is 2.25. The fourth-order valence-corrected chi connectivity index (χ4v) is 1.63. The first kappa shape index (κ1) is 13.9. The molecule has 2 N–H and O–H groups in total. The first-order valence-electron chi connectivity index (χ1n) is 5.84. The van der Waals surface area contributed by atoms with Gasteiger partial charge in [0.2, 0.25) is 0 Å². The number of aliphatic hydroxyl groups is 1. The van der Waals surface area contributed by atoms with Crippen molar-refractivity contribution in [3.05, 3.63) is 0 Å². The lowest BCUT2D eigenvalue weighted by Crippen LogP contribution is -2.36. The second kappa shape index (κ2) is 9.44. The third-order valence-corrected chi connectivity index (χ3v) is 2.49. The number of hydrogen-bond acceptors (Lipinski definition) is 3. The lowest BCUT2D eigenvalue weighted by molar-refractivity contribution is 0.210. The van der Waals surface area contributed by atoms with E-state index in [-0.39, 0.29) is 12.6 Å². The Hall–Kier alpha value is -0.120. The Morgan fingerprint density at radius 1 is 1.21 bits per heavy atom. The first-order valence-corrected chi connectivity index (χ1v) is 5.84. The second-order valence-electron chi connectivity index (χ2n) is 3.66. The number of nitrogens with one attached hydrogen (secondary N) is 1. The highest BCUT2D eigenvalue weighted by Crippen LogP contribution is 1.97. The Bertz CT molecular complexity index is 106. The van der Waals surface area contributed by atoms with Gasteiger partial charge in [-0.15, -0.1) is 0 Å².